The third-order valence-electron chi connectivity index (χ3n) is 3.86. The highest BCUT2D eigenvalue weighted by atomic mass is 16.6. The van der Waals surface area contributed by atoms with Crippen LogP contribution in [0.3, 0.4) is 0 Å². The van der Waals surface area contributed by atoms with Gasteiger partial charge in [-0.25, -0.2) is 0 Å². The number of nitrogens with one attached hydrogen (secondary N) is 1. The molecule has 2 rings (SSSR count). The fraction of sp³-hybridized carbons (Fsp3) is 0.500. The maximum Gasteiger partial charge on any atom is 0.217 e. The summed E-state index contributed by atoms with van der Waals surface area (Å²) in [6.07, 6.45) is -2.47. The largest absolute Gasteiger partial charge is 0.388 e. The zero-order valence-electron chi connectivity index (χ0n) is 14.2. The van der Waals surface area contributed by atoms with Crippen LogP contribution in [-0.2, 0) is 25.6 Å². The van der Waals surface area contributed by atoms with Crippen molar-refractivity contribution in [1.29, 1.82) is 0 Å². The Labute approximate surface area is 147 Å². The highest BCUT2D eigenvalue weighted by Gasteiger charge is 2.45. The molecule has 1 aromatic rings. The Bertz CT molecular complexity index is 552. The minimum absolute atomic E-state index is 0.0772. The van der Waals surface area contributed by atoms with Gasteiger partial charge in [-0.1, -0.05) is 36.4 Å². The van der Waals surface area contributed by atoms with Crippen molar-refractivity contribution in [1.82, 2.24) is 5.32 Å². The first kappa shape index (κ1) is 19.6. The summed E-state index contributed by atoms with van der Waals surface area (Å²) in [6, 6.07) is 8.71. The molecule has 5 atom stereocenters. The number of rotatable bonds is 8. The van der Waals surface area contributed by atoms with E-state index in [4.69, 9.17) is 14.2 Å². The van der Waals surface area contributed by atoms with Crippen molar-refractivity contribution in [3.8, 4) is 0 Å². The number of amides is 1. The lowest BCUT2D eigenvalue weighted by Gasteiger charge is -2.42. The lowest BCUT2D eigenvalue weighted by atomic mass is 9.96. The van der Waals surface area contributed by atoms with E-state index in [1.54, 1.807) is 0 Å². The van der Waals surface area contributed by atoms with E-state index in [0.717, 1.165) is 5.56 Å². The Morgan fingerprint density at radius 3 is 2.72 bits per heavy atom. The first-order valence-corrected chi connectivity index (χ1v) is 8.15. The average Bonchev–Trinajstić information content (AvgIpc) is 2.59. The maximum atomic E-state index is 11.3. The van der Waals surface area contributed by atoms with Crippen molar-refractivity contribution in [3.63, 3.8) is 0 Å². The topological polar surface area (TPSA) is 97.3 Å². The van der Waals surface area contributed by atoms with Gasteiger partial charge in [-0.3, -0.25) is 4.79 Å². The molecule has 1 heterocycles. The minimum atomic E-state index is -1.31. The van der Waals surface area contributed by atoms with Crippen LogP contribution in [0, 0.1) is 0 Å². The van der Waals surface area contributed by atoms with Gasteiger partial charge < -0.3 is 29.7 Å². The number of aliphatic hydroxyl groups is 2. The van der Waals surface area contributed by atoms with Gasteiger partial charge in [0.15, 0.2) is 6.29 Å². The van der Waals surface area contributed by atoms with Gasteiger partial charge in [-0.15, -0.1) is 6.58 Å². The highest BCUT2D eigenvalue weighted by molar-refractivity contribution is 5.73. The molecule has 1 fully saturated rings. The summed E-state index contributed by atoms with van der Waals surface area (Å²) >= 11 is 0. The van der Waals surface area contributed by atoms with Gasteiger partial charge in [0.1, 0.15) is 24.4 Å². The summed E-state index contributed by atoms with van der Waals surface area (Å²) in [7, 11) is 0. The lowest BCUT2D eigenvalue weighted by molar-refractivity contribution is -0.263. The van der Waals surface area contributed by atoms with E-state index in [9.17, 15) is 15.0 Å². The first-order valence-electron chi connectivity index (χ1n) is 8.15. The van der Waals surface area contributed by atoms with E-state index < -0.39 is 30.6 Å². The van der Waals surface area contributed by atoms with Crippen LogP contribution in [0.25, 0.3) is 0 Å². The van der Waals surface area contributed by atoms with Crippen molar-refractivity contribution in [2.75, 3.05) is 13.2 Å². The third kappa shape index (κ3) is 5.62. The van der Waals surface area contributed by atoms with Gasteiger partial charge in [0, 0.05) is 6.92 Å². The molecule has 1 amide bonds. The zero-order valence-corrected chi connectivity index (χ0v) is 14.2. The van der Waals surface area contributed by atoms with E-state index in [1.165, 1.54) is 13.0 Å². The fourth-order valence-corrected chi connectivity index (χ4v) is 2.71. The molecule has 0 radical (unpaired) electrons. The quantitative estimate of drug-likeness (QED) is 0.585. The van der Waals surface area contributed by atoms with Gasteiger partial charge in [0.2, 0.25) is 5.91 Å². The van der Waals surface area contributed by atoms with Gasteiger partial charge in [0.05, 0.1) is 19.8 Å². The molecule has 7 nitrogen and oxygen atoms in total. The average molecular weight is 351 g/mol. The van der Waals surface area contributed by atoms with Crippen LogP contribution >= 0.6 is 0 Å². The summed E-state index contributed by atoms with van der Waals surface area (Å²) < 4.78 is 16.6. The molecule has 1 aliphatic heterocycles. The number of benzene rings is 1. The third-order valence-corrected chi connectivity index (χ3v) is 3.86. The van der Waals surface area contributed by atoms with Crippen molar-refractivity contribution < 1.29 is 29.2 Å². The van der Waals surface area contributed by atoms with Crippen LogP contribution in [0.15, 0.2) is 43.0 Å². The van der Waals surface area contributed by atoms with E-state index in [0.29, 0.717) is 6.61 Å². The molecule has 1 aliphatic rings. The Hall–Kier alpha value is -1.77. The van der Waals surface area contributed by atoms with Crippen molar-refractivity contribution in [3.05, 3.63) is 48.6 Å². The van der Waals surface area contributed by atoms with E-state index >= 15 is 0 Å². The summed E-state index contributed by atoms with van der Waals surface area (Å²) in [6.45, 7) is 5.49. The van der Waals surface area contributed by atoms with Crippen LogP contribution in [0.2, 0.25) is 0 Å². The van der Waals surface area contributed by atoms with Crippen molar-refractivity contribution in [2.24, 2.45) is 0 Å². The second-order valence-electron chi connectivity index (χ2n) is 5.87. The Morgan fingerprint density at radius 2 is 2.08 bits per heavy atom. The normalized spacial score (nSPS) is 29.2. The lowest BCUT2D eigenvalue weighted by Crippen LogP contribution is -2.64. The Morgan fingerprint density at radius 1 is 1.36 bits per heavy atom. The van der Waals surface area contributed by atoms with Crippen LogP contribution < -0.4 is 5.32 Å². The molecule has 0 saturated carbocycles. The molecule has 0 spiro atoms. The molecular formula is C18H25NO6. The monoisotopic (exact) mass is 351 g/mol. The van der Waals surface area contributed by atoms with Crippen LogP contribution in [0.4, 0.5) is 0 Å². The van der Waals surface area contributed by atoms with Crippen LogP contribution in [-0.4, -0.2) is 60.0 Å². The fourth-order valence-electron chi connectivity index (χ4n) is 2.71. The molecule has 0 bridgehead atoms. The zero-order chi connectivity index (χ0) is 18.2. The predicted molar refractivity (Wildman–Crippen MR) is 90.5 cm³/mol. The molecule has 0 aliphatic carbocycles. The van der Waals surface area contributed by atoms with Crippen molar-refractivity contribution in [2.45, 2.75) is 44.2 Å². The number of hydrogen-bond donors (Lipinski definition) is 3. The molecule has 1 aromatic carbocycles. The molecule has 138 valence electrons. The highest BCUT2D eigenvalue weighted by Crippen LogP contribution is 2.23. The van der Waals surface area contributed by atoms with E-state index in [2.05, 4.69) is 11.9 Å². The maximum absolute atomic E-state index is 11.3. The van der Waals surface area contributed by atoms with Crippen LogP contribution in [0.1, 0.15) is 12.5 Å². The van der Waals surface area contributed by atoms with Gasteiger partial charge in [-0.2, -0.15) is 0 Å². The molecule has 1 unspecified atom stereocenters. The van der Waals surface area contributed by atoms with E-state index in [-0.39, 0.29) is 19.1 Å². The second-order valence-corrected chi connectivity index (χ2v) is 5.87. The Balaban J connectivity index is 1.97. The second kappa shape index (κ2) is 9.65. The number of carbonyl (C=O) groups is 1. The van der Waals surface area contributed by atoms with Gasteiger partial charge in [0.25, 0.3) is 0 Å². The number of hydrogen-bond acceptors (Lipinski definition) is 6. The van der Waals surface area contributed by atoms with Crippen molar-refractivity contribution >= 4 is 5.91 Å². The summed E-state index contributed by atoms with van der Waals surface area (Å²) in [4.78, 5) is 11.3. The molecule has 25 heavy (non-hydrogen) atoms. The smallest absolute Gasteiger partial charge is 0.217 e. The molecule has 0 aromatic heterocycles. The molecule has 7 heteroatoms. The first-order chi connectivity index (χ1) is 12.0. The molecule has 1 saturated heterocycles. The predicted octanol–water partition coefficient (Wildman–Crippen LogP) is 0.357. The molecular weight excluding hydrogens is 326 g/mol. The Kier molecular flexibility index (Phi) is 7.54. The van der Waals surface area contributed by atoms with Gasteiger partial charge >= 0.3 is 0 Å². The number of carbonyl (C=O) groups excluding carboxylic acids is 1. The van der Waals surface area contributed by atoms with E-state index in [1.807, 2.05) is 30.3 Å². The number of ether oxygens (including phenoxy) is 3. The standard InChI is InChI=1S/C18H25NO6/c1-3-9-24-17-15(19-12(2)20)18(22)25-14(16(17)21)11-23-10-13-7-5-4-6-8-13/h3-8,14-18,21-22H,1,9-11H2,2H3,(H,19,20)/t14?,15-,16+,17+,18-/m0/s1. The van der Waals surface area contributed by atoms with Gasteiger partial charge in [-0.05, 0) is 5.56 Å². The summed E-state index contributed by atoms with van der Waals surface area (Å²) in [5.74, 6) is -0.356. The summed E-state index contributed by atoms with van der Waals surface area (Å²) in [5, 5.41) is 23.3. The SMILES string of the molecule is C=CCO[C@@H]1[C@H](NC(C)=O)[C@@H](O)OC(COCc2ccccc2)[C@H]1O. The molecule has 3 N–H and O–H groups in total. The summed E-state index contributed by atoms with van der Waals surface area (Å²) in [5.41, 5.74) is 0.990. The van der Waals surface area contributed by atoms with Crippen LogP contribution in [0.5, 0.6) is 0 Å². The minimum Gasteiger partial charge on any atom is -0.388 e. The number of aliphatic hydroxyl groups excluding tert-OH is 2.